The van der Waals surface area contributed by atoms with E-state index < -0.39 is 0 Å². The Morgan fingerprint density at radius 2 is 2.06 bits per heavy atom. The number of thioether (sulfide) groups is 1. The predicted octanol–water partition coefficient (Wildman–Crippen LogP) is 0.473. The highest BCUT2D eigenvalue weighted by Crippen LogP contribution is 2.46. The highest BCUT2D eigenvalue weighted by Gasteiger charge is 2.41. The fourth-order valence-corrected chi connectivity index (χ4v) is 2.15. The van der Waals surface area contributed by atoms with Crippen LogP contribution in [0.2, 0.25) is 0 Å². The lowest BCUT2D eigenvalue weighted by Gasteiger charge is -2.13. The Morgan fingerprint density at radius 1 is 1.35 bits per heavy atom. The van der Waals surface area contributed by atoms with Crippen LogP contribution in [-0.2, 0) is 0 Å². The van der Waals surface area contributed by atoms with Crippen LogP contribution < -0.4 is 21.3 Å². The predicted molar refractivity (Wildman–Crippen MR) is 68.2 cm³/mol. The molecule has 1 fully saturated rings. The molecule has 8 heteroatoms. The summed E-state index contributed by atoms with van der Waals surface area (Å²) in [7, 11) is 1.50. The summed E-state index contributed by atoms with van der Waals surface area (Å²) < 4.78 is 5.31. The number of anilines is 2. The lowest BCUT2D eigenvalue weighted by atomic mass is 10.4. The summed E-state index contributed by atoms with van der Waals surface area (Å²) in [6.07, 6.45) is 4.58. The van der Waals surface area contributed by atoms with Crippen LogP contribution in [0, 0.1) is 0 Å². The smallest absolute Gasteiger partial charge is 0.322 e. The van der Waals surface area contributed by atoms with E-state index in [2.05, 4.69) is 32.0 Å². The van der Waals surface area contributed by atoms with Crippen molar-refractivity contribution in [1.82, 2.24) is 15.0 Å². The van der Waals surface area contributed by atoms with Gasteiger partial charge >= 0.3 is 6.01 Å². The largest absolute Gasteiger partial charge is 0.467 e. The minimum Gasteiger partial charge on any atom is -0.467 e. The van der Waals surface area contributed by atoms with Gasteiger partial charge < -0.3 is 10.1 Å². The molecular formula is C9H16N6OS. The molecule has 0 spiro atoms. The zero-order valence-electron chi connectivity index (χ0n) is 9.86. The molecule has 1 saturated carbocycles. The minimum absolute atomic E-state index is 0.240. The van der Waals surface area contributed by atoms with E-state index in [9.17, 15) is 0 Å². The summed E-state index contributed by atoms with van der Waals surface area (Å²) in [5.41, 5.74) is 2.38. The second kappa shape index (κ2) is 4.92. The van der Waals surface area contributed by atoms with E-state index in [-0.39, 0.29) is 12.0 Å². The van der Waals surface area contributed by atoms with E-state index >= 15 is 0 Å². The van der Waals surface area contributed by atoms with Gasteiger partial charge in [-0.2, -0.15) is 26.7 Å². The first kappa shape index (κ1) is 12.2. The number of nitrogens with zero attached hydrogens (tertiary/aromatic N) is 3. The van der Waals surface area contributed by atoms with Crippen LogP contribution in [0.1, 0.15) is 12.8 Å². The topological polar surface area (TPSA) is 98.0 Å². The SMILES string of the molecule is COc1nc(NN)nc(NCC2(SC)CC2)n1. The average Bonchev–Trinajstić information content (AvgIpc) is 3.16. The molecule has 17 heavy (non-hydrogen) atoms. The van der Waals surface area contributed by atoms with Crippen LogP contribution >= 0.6 is 11.8 Å². The Morgan fingerprint density at radius 3 is 2.59 bits per heavy atom. The molecule has 1 aromatic rings. The van der Waals surface area contributed by atoms with Crippen molar-refractivity contribution in [2.75, 3.05) is 30.7 Å². The monoisotopic (exact) mass is 256 g/mol. The first-order chi connectivity index (χ1) is 8.21. The second-order valence-electron chi connectivity index (χ2n) is 3.85. The molecule has 1 aromatic heterocycles. The van der Waals surface area contributed by atoms with E-state index in [0.29, 0.717) is 10.7 Å². The summed E-state index contributed by atoms with van der Waals surface area (Å²) in [5, 5.41) is 3.19. The number of hydrogen-bond acceptors (Lipinski definition) is 8. The Labute approximate surface area is 104 Å². The lowest BCUT2D eigenvalue weighted by molar-refractivity contribution is 0.379. The number of aromatic nitrogens is 3. The Kier molecular flexibility index (Phi) is 3.53. The molecule has 1 heterocycles. The molecule has 94 valence electrons. The van der Waals surface area contributed by atoms with Crippen molar-refractivity contribution in [3.8, 4) is 6.01 Å². The molecule has 0 aromatic carbocycles. The third kappa shape index (κ3) is 2.89. The lowest BCUT2D eigenvalue weighted by Crippen LogP contribution is -2.20. The molecule has 0 atom stereocenters. The zero-order valence-corrected chi connectivity index (χ0v) is 10.7. The van der Waals surface area contributed by atoms with E-state index in [0.717, 1.165) is 6.54 Å². The minimum atomic E-state index is 0.240. The Hall–Kier alpha value is -1.28. The molecule has 1 aliphatic rings. The van der Waals surface area contributed by atoms with Gasteiger partial charge in [-0.05, 0) is 19.1 Å². The maximum atomic E-state index is 5.27. The standard InChI is InChI=1S/C9H16N6OS/c1-16-8-13-6(12-7(14-8)15-10)11-5-9(17-2)3-4-9/h3-5,10H2,1-2H3,(H2,11,12,13,14,15). The molecule has 1 aliphatic carbocycles. The molecular weight excluding hydrogens is 240 g/mol. The van der Waals surface area contributed by atoms with Crippen molar-refractivity contribution >= 4 is 23.7 Å². The molecule has 2 rings (SSSR count). The number of ether oxygens (including phenoxy) is 1. The van der Waals surface area contributed by atoms with Crippen LogP contribution in [0.5, 0.6) is 6.01 Å². The van der Waals surface area contributed by atoms with Gasteiger partial charge in [-0.3, -0.25) is 5.43 Å². The number of hydrogen-bond donors (Lipinski definition) is 3. The van der Waals surface area contributed by atoms with Crippen molar-refractivity contribution in [3.63, 3.8) is 0 Å². The van der Waals surface area contributed by atoms with Gasteiger partial charge in [0.2, 0.25) is 11.9 Å². The maximum absolute atomic E-state index is 5.27. The molecule has 0 aliphatic heterocycles. The zero-order chi connectivity index (χ0) is 12.3. The molecule has 0 unspecified atom stereocenters. The summed E-state index contributed by atoms with van der Waals surface area (Å²) in [4.78, 5) is 12.1. The highest BCUT2D eigenvalue weighted by atomic mass is 32.2. The van der Waals surface area contributed by atoms with Gasteiger partial charge in [0.1, 0.15) is 0 Å². The quantitative estimate of drug-likeness (QED) is 0.499. The number of nitrogens with one attached hydrogen (secondary N) is 2. The highest BCUT2D eigenvalue weighted by molar-refractivity contribution is 8.00. The van der Waals surface area contributed by atoms with Crippen LogP contribution in [0.25, 0.3) is 0 Å². The van der Waals surface area contributed by atoms with Crippen molar-refractivity contribution in [2.24, 2.45) is 5.84 Å². The van der Waals surface area contributed by atoms with Gasteiger partial charge in [-0.25, -0.2) is 5.84 Å². The summed E-state index contributed by atoms with van der Waals surface area (Å²) in [5.74, 6) is 6.04. The number of hydrazine groups is 1. The van der Waals surface area contributed by atoms with E-state index in [4.69, 9.17) is 10.6 Å². The number of methoxy groups -OCH3 is 1. The number of rotatable bonds is 6. The Balaban J connectivity index is 2.04. The van der Waals surface area contributed by atoms with Crippen LogP contribution in [0.3, 0.4) is 0 Å². The molecule has 0 bridgehead atoms. The molecule has 0 saturated heterocycles. The van der Waals surface area contributed by atoms with Gasteiger partial charge in [0.15, 0.2) is 0 Å². The Bertz CT molecular complexity index is 375. The fraction of sp³-hybridized carbons (Fsp3) is 0.667. The second-order valence-corrected chi connectivity index (χ2v) is 5.13. The van der Waals surface area contributed by atoms with Crippen molar-refractivity contribution in [2.45, 2.75) is 17.6 Å². The molecule has 0 amide bonds. The van der Waals surface area contributed by atoms with Crippen LogP contribution in [-0.4, -0.2) is 39.6 Å². The summed E-state index contributed by atoms with van der Waals surface area (Å²) in [6.45, 7) is 0.839. The number of nitrogens with two attached hydrogens (primary N) is 1. The van der Waals surface area contributed by atoms with Crippen molar-refractivity contribution in [3.05, 3.63) is 0 Å². The van der Waals surface area contributed by atoms with Crippen LogP contribution in [0.15, 0.2) is 0 Å². The maximum Gasteiger partial charge on any atom is 0.322 e. The van der Waals surface area contributed by atoms with E-state index in [1.165, 1.54) is 20.0 Å². The summed E-state index contributed by atoms with van der Waals surface area (Å²) in [6, 6.07) is 0.240. The normalized spacial score (nSPS) is 16.4. The van der Waals surface area contributed by atoms with Gasteiger partial charge in [-0.1, -0.05) is 0 Å². The van der Waals surface area contributed by atoms with Gasteiger partial charge in [0.25, 0.3) is 0 Å². The molecule has 4 N–H and O–H groups in total. The first-order valence-electron chi connectivity index (χ1n) is 5.27. The average molecular weight is 256 g/mol. The number of nitrogen functional groups attached to an aromatic ring is 1. The first-order valence-corrected chi connectivity index (χ1v) is 6.49. The van der Waals surface area contributed by atoms with Gasteiger partial charge in [0, 0.05) is 11.3 Å². The molecule has 0 radical (unpaired) electrons. The van der Waals surface area contributed by atoms with Crippen molar-refractivity contribution < 1.29 is 4.74 Å². The van der Waals surface area contributed by atoms with E-state index in [1.54, 1.807) is 0 Å². The van der Waals surface area contributed by atoms with E-state index in [1.807, 2.05) is 11.8 Å². The van der Waals surface area contributed by atoms with Crippen LogP contribution in [0.4, 0.5) is 11.9 Å². The third-order valence-corrected chi connectivity index (χ3v) is 4.15. The van der Waals surface area contributed by atoms with Gasteiger partial charge in [0.05, 0.1) is 7.11 Å². The fourth-order valence-electron chi connectivity index (χ4n) is 1.42. The summed E-state index contributed by atoms with van der Waals surface area (Å²) >= 11 is 1.87. The van der Waals surface area contributed by atoms with Gasteiger partial charge in [-0.15, -0.1) is 0 Å². The third-order valence-electron chi connectivity index (χ3n) is 2.74. The van der Waals surface area contributed by atoms with Crippen molar-refractivity contribution in [1.29, 1.82) is 0 Å². The molecule has 7 nitrogen and oxygen atoms in total.